The number of aliphatic hydroxyl groups is 8. The van der Waals surface area contributed by atoms with Crippen molar-refractivity contribution in [3.05, 3.63) is 97.1 Å². The fourth-order valence-corrected chi connectivity index (χ4v) is 5.22. The summed E-state index contributed by atoms with van der Waals surface area (Å²) in [7, 11) is 6.94. The Balaban J connectivity index is 0.000000310. The lowest BCUT2D eigenvalue weighted by Crippen LogP contribution is -2.47. The first-order chi connectivity index (χ1) is 27.7. The van der Waals surface area contributed by atoms with Crippen LogP contribution in [0.1, 0.15) is 0 Å². The maximum absolute atomic E-state index is 14.2. The zero-order valence-electron chi connectivity index (χ0n) is 32.7. The minimum absolute atomic E-state index is 0.213. The van der Waals surface area contributed by atoms with Gasteiger partial charge in [-0.25, -0.2) is 8.78 Å². The molecule has 58 heavy (non-hydrogen) atoms. The minimum Gasteiger partial charge on any atom is -0.394 e. The SMILES string of the molecule is CNc1ccc(N=Nc2ccc(N(C)CC(F)C(O)C(O)C(O)CO)cc2)cc1.CNc1ccc(N=Nc2ccc(N(C)C[C@@H](F)C(O)C(O)C(O)CO)cc2)cc1. The van der Waals surface area contributed by atoms with Crippen LogP contribution in [0.3, 0.4) is 0 Å². The van der Waals surface area contributed by atoms with Crippen LogP contribution in [0.25, 0.3) is 0 Å². The molecular weight excluding hydrogens is 758 g/mol. The quantitative estimate of drug-likeness (QED) is 0.0570. The van der Waals surface area contributed by atoms with E-state index in [-0.39, 0.29) is 13.1 Å². The average Bonchev–Trinajstić information content (AvgIpc) is 3.26. The second-order valence-corrected chi connectivity index (χ2v) is 13.3. The Kier molecular flexibility index (Phi) is 19.5. The first-order valence-electron chi connectivity index (χ1n) is 18.3. The fraction of sp³-hybridized carbons (Fsp3) is 0.400. The fourth-order valence-electron chi connectivity index (χ4n) is 5.22. The minimum atomic E-state index is -1.82. The number of nitrogens with zero attached hydrogens (tertiary/aromatic N) is 6. The number of azo groups is 2. The number of rotatable bonds is 20. The van der Waals surface area contributed by atoms with E-state index < -0.39 is 62.2 Å². The van der Waals surface area contributed by atoms with Crippen molar-refractivity contribution in [1.82, 2.24) is 0 Å². The Labute approximate surface area is 336 Å². The summed E-state index contributed by atoms with van der Waals surface area (Å²) in [5, 5.41) is 97.7. The highest BCUT2D eigenvalue weighted by atomic mass is 19.1. The summed E-state index contributed by atoms with van der Waals surface area (Å²) in [5.41, 5.74) is 5.98. The number of halogens is 2. The van der Waals surface area contributed by atoms with Gasteiger partial charge in [0.2, 0.25) is 0 Å². The van der Waals surface area contributed by atoms with Crippen LogP contribution in [0.5, 0.6) is 0 Å². The van der Waals surface area contributed by atoms with Crippen LogP contribution in [0.4, 0.5) is 54.3 Å². The van der Waals surface area contributed by atoms with E-state index in [4.69, 9.17) is 10.2 Å². The standard InChI is InChI=1S/2C20H27FN4O4/c2*1-22-13-3-5-14(6-4-13)23-24-15-7-9-16(10-8-15)25(2)11-17(21)19(28)20(29)18(27)12-26/h2*3-10,17-20,22,26-29H,11-12H2,1-2H3/t17-,18?,19?,20?;/m1./s1. The Hall–Kier alpha value is -5.18. The number of hydrogen-bond donors (Lipinski definition) is 10. The second kappa shape index (κ2) is 23.9. The molecule has 18 heteroatoms. The molecule has 0 spiro atoms. The molecule has 4 aromatic rings. The molecule has 0 saturated heterocycles. The van der Waals surface area contributed by atoms with Crippen LogP contribution in [0, 0.1) is 0 Å². The molecule has 8 atom stereocenters. The van der Waals surface area contributed by atoms with Crippen molar-refractivity contribution in [2.45, 2.75) is 49.0 Å². The summed E-state index contributed by atoms with van der Waals surface area (Å²) in [6.07, 6.45) is -14.0. The summed E-state index contributed by atoms with van der Waals surface area (Å²) in [5.74, 6) is 0. The molecule has 0 radical (unpaired) electrons. The van der Waals surface area contributed by atoms with Crippen LogP contribution >= 0.6 is 0 Å². The van der Waals surface area contributed by atoms with E-state index >= 15 is 0 Å². The lowest BCUT2D eigenvalue weighted by Gasteiger charge is -2.28. The monoisotopic (exact) mass is 812 g/mol. The highest BCUT2D eigenvalue weighted by molar-refractivity contribution is 5.55. The molecule has 0 aliphatic heterocycles. The maximum Gasteiger partial charge on any atom is 0.146 e. The van der Waals surface area contributed by atoms with E-state index in [1.807, 2.05) is 62.6 Å². The predicted molar refractivity (Wildman–Crippen MR) is 220 cm³/mol. The van der Waals surface area contributed by atoms with Crippen LogP contribution in [-0.4, -0.2) is 144 Å². The number of aliphatic hydroxyl groups excluding tert-OH is 8. The van der Waals surface area contributed by atoms with Crippen LogP contribution in [0.2, 0.25) is 0 Å². The van der Waals surface area contributed by atoms with Crippen molar-refractivity contribution < 1.29 is 49.6 Å². The van der Waals surface area contributed by atoms with E-state index in [1.165, 1.54) is 0 Å². The molecule has 0 heterocycles. The zero-order chi connectivity index (χ0) is 42.8. The summed E-state index contributed by atoms with van der Waals surface area (Å²) in [6.45, 7) is -1.96. The van der Waals surface area contributed by atoms with Gasteiger partial charge in [0, 0.05) is 50.9 Å². The molecule has 0 saturated carbocycles. The van der Waals surface area contributed by atoms with Crippen molar-refractivity contribution in [3.63, 3.8) is 0 Å². The van der Waals surface area contributed by atoms with E-state index in [0.717, 1.165) is 11.4 Å². The third kappa shape index (κ3) is 14.6. The van der Waals surface area contributed by atoms with Gasteiger partial charge in [0.1, 0.15) is 49.0 Å². The van der Waals surface area contributed by atoms with Gasteiger partial charge in [-0.2, -0.15) is 20.5 Å². The zero-order valence-corrected chi connectivity index (χ0v) is 32.7. The second-order valence-electron chi connectivity index (χ2n) is 13.3. The lowest BCUT2D eigenvalue weighted by molar-refractivity contribution is -0.0976. The molecule has 0 aromatic heterocycles. The van der Waals surface area contributed by atoms with Gasteiger partial charge < -0.3 is 61.3 Å². The van der Waals surface area contributed by atoms with Crippen molar-refractivity contribution in [1.29, 1.82) is 0 Å². The third-order valence-electron chi connectivity index (χ3n) is 8.95. The first kappa shape index (κ1) is 47.2. The molecule has 10 N–H and O–H groups in total. The maximum atomic E-state index is 14.2. The summed E-state index contributed by atoms with van der Waals surface area (Å²) in [6, 6.07) is 28.8. The van der Waals surface area contributed by atoms with E-state index in [2.05, 4.69) is 31.1 Å². The van der Waals surface area contributed by atoms with Gasteiger partial charge in [-0.1, -0.05) is 0 Å². The largest absolute Gasteiger partial charge is 0.394 e. The number of nitrogens with one attached hydrogen (secondary N) is 2. The smallest absolute Gasteiger partial charge is 0.146 e. The van der Waals surface area contributed by atoms with Crippen LogP contribution < -0.4 is 20.4 Å². The van der Waals surface area contributed by atoms with Crippen LogP contribution in [-0.2, 0) is 0 Å². The Morgan fingerprint density at radius 1 is 0.466 bits per heavy atom. The average molecular weight is 813 g/mol. The molecule has 16 nitrogen and oxygen atoms in total. The summed E-state index contributed by atoms with van der Waals surface area (Å²) < 4.78 is 28.5. The van der Waals surface area contributed by atoms with Crippen molar-refractivity contribution in [2.75, 3.05) is 74.9 Å². The molecule has 0 aliphatic rings. The molecule has 4 aromatic carbocycles. The van der Waals surface area contributed by atoms with E-state index in [0.29, 0.717) is 34.1 Å². The molecule has 0 bridgehead atoms. The van der Waals surface area contributed by atoms with Crippen LogP contribution in [0.15, 0.2) is 118 Å². The van der Waals surface area contributed by atoms with E-state index in [9.17, 15) is 39.4 Å². The highest BCUT2D eigenvalue weighted by Crippen LogP contribution is 2.25. The molecule has 316 valence electrons. The molecule has 7 unspecified atom stereocenters. The molecule has 0 fully saturated rings. The molecule has 4 rings (SSSR count). The number of hydrogen-bond acceptors (Lipinski definition) is 16. The third-order valence-corrected chi connectivity index (χ3v) is 8.95. The molecular formula is C40H54F2N8O8. The number of alkyl halides is 2. The summed E-state index contributed by atoms with van der Waals surface area (Å²) in [4.78, 5) is 3.12. The highest BCUT2D eigenvalue weighted by Gasteiger charge is 2.33. The van der Waals surface area contributed by atoms with Crippen molar-refractivity contribution in [3.8, 4) is 0 Å². The van der Waals surface area contributed by atoms with Gasteiger partial charge in [-0.15, -0.1) is 0 Å². The van der Waals surface area contributed by atoms with Gasteiger partial charge in [0.25, 0.3) is 0 Å². The van der Waals surface area contributed by atoms with Gasteiger partial charge in [-0.3, -0.25) is 0 Å². The predicted octanol–water partition coefficient (Wildman–Crippen LogP) is 3.99. The van der Waals surface area contributed by atoms with Crippen molar-refractivity contribution in [2.24, 2.45) is 20.5 Å². The lowest BCUT2D eigenvalue weighted by atomic mass is 10.0. The van der Waals surface area contributed by atoms with Gasteiger partial charge in [0.15, 0.2) is 0 Å². The van der Waals surface area contributed by atoms with E-state index in [1.54, 1.807) is 72.4 Å². The molecule has 0 amide bonds. The van der Waals surface area contributed by atoms with Crippen molar-refractivity contribution >= 4 is 45.5 Å². The summed E-state index contributed by atoms with van der Waals surface area (Å²) >= 11 is 0. The number of benzene rings is 4. The normalized spacial score (nSPS) is 15.7. The first-order valence-corrected chi connectivity index (χ1v) is 18.3. The Morgan fingerprint density at radius 3 is 0.966 bits per heavy atom. The van der Waals surface area contributed by atoms with Gasteiger partial charge in [-0.05, 0) is 97.1 Å². The van der Waals surface area contributed by atoms with Gasteiger partial charge >= 0.3 is 0 Å². The topological polar surface area (TPSA) is 242 Å². The number of anilines is 4. The van der Waals surface area contributed by atoms with Gasteiger partial charge in [0.05, 0.1) is 49.1 Å². The Bertz CT molecular complexity index is 1680. The Morgan fingerprint density at radius 2 is 0.724 bits per heavy atom. The molecule has 0 aliphatic carbocycles.